The number of benzene rings is 1. The fourth-order valence-corrected chi connectivity index (χ4v) is 2.79. The predicted molar refractivity (Wildman–Crippen MR) is 83.4 cm³/mol. The maximum Gasteiger partial charge on any atom is 0.227 e. The second kappa shape index (κ2) is 6.04. The van der Waals surface area contributed by atoms with E-state index in [4.69, 9.17) is 4.42 Å². The van der Waals surface area contributed by atoms with E-state index < -0.39 is 0 Å². The van der Waals surface area contributed by atoms with E-state index in [1.165, 1.54) is 0 Å². The van der Waals surface area contributed by atoms with Crippen LogP contribution in [0.3, 0.4) is 0 Å². The number of carbonyl (C=O) groups is 1. The Morgan fingerprint density at radius 2 is 2.14 bits per heavy atom. The zero-order chi connectivity index (χ0) is 14.7. The van der Waals surface area contributed by atoms with Crippen LogP contribution in [0.1, 0.15) is 38.0 Å². The zero-order valence-electron chi connectivity index (χ0n) is 12.2. The van der Waals surface area contributed by atoms with Crippen LogP contribution < -0.4 is 10.2 Å². The second-order valence-electron chi connectivity index (χ2n) is 5.29. The lowest BCUT2D eigenvalue weighted by atomic mass is 10.1. The molecule has 1 atom stereocenters. The zero-order valence-corrected chi connectivity index (χ0v) is 12.2. The van der Waals surface area contributed by atoms with Crippen molar-refractivity contribution in [3.05, 3.63) is 48.4 Å². The molecule has 2 heterocycles. The molecule has 0 radical (unpaired) electrons. The molecule has 1 aliphatic heterocycles. The minimum absolute atomic E-state index is 0.110. The van der Waals surface area contributed by atoms with Gasteiger partial charge in [0.05, 0.1) is 23.7 Å². The van der Waals surface area contributed by atoms with Crippen LogP contribution in [0.5, 0.6) is 0 Å². The summed E-state index contributed by atoms with van der Waals surface area (Å²) in [5.41, 5.74) is 1.95. The molecule has 0 aliphatic carbocycles. The van der Waals surface area contributed by atoms with Crippen molar-refractivity contribution in [1.29, 1.82) is 0 Å². The Labute approximate surface area is 124 Å². The standard InChI is InChI=1S/C17H20N2O2/c1-2-13(16-9-6-12-21-16)18-14-7-3-4-8-15(14)19-11-5-10-17(19)20/h3-4,6-9,12-13,18H,2,5,10-11H2,1H3. The summed E-state index contributed by atoms with van der Waals surface area (Å²) in [4.78, 5) is 13.9. The number of furan rings is 1. The molecule has 1 aromatic carbocycles. The van der Waals surface area contributed by atoms with Crippen molar-refractivity contribution in [1.82, 2.24) is 0 Å². The Morgan fingerprint density at radius 1 is 1.29 bits per heavy atom. The summed E-state index contributed by atoms with van der Waals surface area (Å²) in [7, 11) is 0. The van der Waals surface area contributed by atoms with E-state index in [1.807, 2.05) is 41.3 Å². The van der Waals surface area contributed by atoms with Gasteiger partial charge in [-0.05, 0) is 37.1 Å². The molecule has 4 heteroatoms. The van der Waals surface area contributed by atoms with E-state index in [1.54, 1.807) is 6.26 Å². The highest BCUT2D eigenvalue weighted by molar-refractivity contribution is 5.98. The Balaban J connectivity index is 1.86. The third kappa shape index (κ3) is 2.79. The van der Waals surface area contributed by atoms with Crippen LogP contribution in [0.25, 0.3) is 0 Å². The lowest BCUT2D eigenvalue weighted by Gasteiger charge is -2.23. The molecule has 1 aromatic heterocycles. The van der Waals surface area contributed by atoms with Crippen molar-refractivity contribution in [2.24, 2.45) is 0 Å². The number of anilines is 2. The van der Waals surface area contributed by atoms with Crippen molar-refractivity contribution in [2.45, 2.75) is 32.2 Å². The summed E-state index contributed by atoms with van der Waals surface area (Å²) in [6.07, 6.45) is 4.18. The molecule has 4 nitrogen and oxygen atoms in total. The summed E-state index contributed by atoms with van der Waals surface area (Å²) in [5, 5.41) is 3.51. The van der Waals surface area contributed by atoms with Crippen molar-refractivity contribution < 1.29 is 9.21 Å². The van der Waals surface area contributed by atoms with Gasteiger partial charge in [0, 0.05) is 13.0 Å². The Morgan fingerprint density at radius 3 is 2.81 bits per heavy atom. The van der Waals surface area contributed by atoms with Crippen LogP contribution in [0, 0.1) is 0 Å². The highest BCUT2D eigenvalue weighted by Crippen LogP contribution is 2.32. The minimum atomic E-state index is 0.110. The third-order valence-corrected chi connectivity index (χ3v) is 3.89. The summed E-state index contributed by atoms with van der Waals surface area (Å²) in [5.74, 6) is 1.12. The molecule has 1 unspecified atom stereocenters. The predicted octanol–water partition coefficient (Wildman–Crippen LogP) is 3.97. The molecule has 0 saturated carbocycles. The van der Waals surface area contributed by atoms with Crippen molar-refractivity contribution in [2.75, 3.05) is 16.8 Å². The smallest absolute Gasteiger partial charge is 0.227 e. The topological polar surface area (TPSA) is 45.5 Å². The fourth-order valence-electron chi connectivity index (χ4n) is 2.79. The summed E-state index contributed by atoms with van der Waals surface area (Å²) in [6.45, 7) is 2.92. The Hall–Kier alpha value is -2.23. The first-order valence-corrected chi connectivity index (χ1v) is 7.49. The van der Waals surface area contributed by atoms with E-state index in [-0.39, 0.29) is 11.9 Å². The molecule has 1 saturated heterocycles. The van der Waals surface area contributed by atoms with E-state index >= 15 is 0 Å². The number of carbonyl (C=O) groups excluding carboxylic acids is 1. The number of para-hydroxylation sites is 2. The summed E-state index contributed by atoms with van der Waals surface area (Å²) in [6, 6.07) is 12.0. The molecule has 0 bridgehead atoms. The molecular formula is C17H20N2O2. The van der Waals surface area contributed by atoms with E-state index in [0.717, 1.165) is 36.5 Å². The summed E-state index contributed by atoms with van der Waals surface area (Å²) < 4.78 is 5.50. The minimum Gasteiger partial charge on any atom is -0.467 e. The first-order chi connectivity index (χ1) is 10.3. The highest BCUT2D eigenvalue weighted by Gasteiger charge is 2.24. The molecule has 1 aliphatic rings. The van der Waals surface area contributed by atoms with Crippen molar-refractivity contribution in [3.8, 4) is 0 Å². The Bertz CT molecular complexity index is 607. The first-order valence-electron chi connectivity index (χ1n) is 7.49. The number of hydrogen-bond acceptors (Lipinski definition) is 3. The number of nitrogens with zero attached hydrogens (tertiary/aromatic N) is 1. The largest absolute Gasteiger partial charge is 0.467 e. The molecule has 2 aromatic rings. The molecule has 21 heavy (non-hydrogen) atoms. The van der Waals surface area contributed by atoms with Gasteiger partial charge >= 0.3 is 0 Å². The van der Waals surface area contributed by atoms with Crippen LogP contribution in [-0.2, 0) is 4.79 Å². The molecule has 110 valence electrons. The van der Waals surface area contributed by atoms with Gasteiger partial charge in [-0.25, -0.2) is 0 Å². The molecule has 3 rings (SSSR count). The van der Waals surface area contributed by atoms with Gasteiger partial charge in [-0.2, -0.15) is 0 Å². The van der Waals surface area contributed by atoms with Gasteiger partial charge < -0.3 is 14.6 Å². The van der Waals surface area contributed by atoms with Crippen molar-refractivity contribution >= 4 is 17.3 Å². The van der Waals surface area contributed by atoms with Gasteiger partial charge in [0.15, 0.2) is 0 Å². The molecular weight excluding hydrogens is 264 g/mol. The average Bonchev–Trinajstić information content (AvgIpc) is 3.16. The number of hydrogen-bond donors (Lipinski definition) is 1. The van der Waals surface area contributed by atoms with E-state index in [9.17, 15) is 4.79 Å². The van der Waals surface area contributed by atoms with Crippen LogP contribution in [0.15, 0.2) is 47.1 Å². The quantitative estimate of drug-likeness (QED) is 0.903. The number of amides is 1. The van der Waals surface area contributed by atoms with Gasteiger partial charge in [-0.1, -0.05) is 19.1 Å². The number of rotatable bonds is 5. The maximum atomic E-state index is 12.0. The van der Waals surface area contributed by atoms with Gasteiger partial charge in [-0.15, -0.1) is 0 Å². The fraction of sp³-hybridized carbons (Fsp3) is 0.353. The SMILES string of the molecule is CCC(Nc1ccccc1N1CCCC1=O)c1ccco1. The molecule has 1 N–H and O–H groups in total. The van der Waals surface area contributed by atoms with Crippen LogP contribution in [-0.4, -0.2) is 12.5 Å². The first kappa shape index (κ1) is 13.7. The van der Waals surface area contributed by atoms with Crippen molar-refractivity contribution in [3.63, 3.8) is 0 Å². The van der Waals surface area contributed by atoms with Crippen LogP contribution >= 0.6 is 0 Å². The summed E-state index contributed by atoms with van der Waals surface area (Å²) >= 11 is 0. The molecule has 1 fully saturated rings. The average molecular weight is 284 g/mol. The van der Waals surface area contributed by atoms with Crippen LogP contribution in [0.4, 0.5) is 11.4 Å². The van der Waals surface area contributed by atoms with Crippen LogP contribution in [0.2, 0.25) is 0 Å². The third-order valence-electron chi connectivity index (χ3n) is 3.89. The molecule has 0 spiro atoms. The van der Waals surface area contributed by atoms with Gasteiger partial charge in [0.2, 0.25) is 5.91 Å². The normalized spacial score (nSPS) is 16.2. The van der Waals surface area contributed by atoms with E-state index in [0.29, 0.717) is 6.42 Å². The maximum absolute atomic E-state index is 12.0. The lowest BCUT2D eigenvalue weighted by Crippen LogP contribution is -2.25. The number of nitrogens with one attached hydrogen (secondary N) is 1. The second-order valence-corrected chi connectivity index (χ2v) is 5.29. The molecule has 1 amide bonds. The monoisotopic (exact) mass is 284 g/mol. The van der Waals surface area contributed by atoms with E-state index in [2.05, 4.69) is 12.2 Å². The highest BCUT2D eigenvalue weighted by atomic mass is 16.3. The lowest BCUT2D eigenvalue weighted by molar-refractivity contribution is -0.117. The van der Waals surface area contributed by atoms with Gasteiger partial charge in [-0.3, -0.25) is 4.79 Å². The van der Waals surface area contributed by atoms with Gasteiger partial charge in [0.1, 0.15) is 5.76 Å². The Kier molecular flexibility index (Phi) is 3.95. The van der Waals surface area contributed by atoms with Gasteiger partial charge in [0.25, 0.3) is 0 Å².